The van der Waals surface area contributed by atoms with Gasteiger partial charge in [-0.3, -0.25) is 4.79 Å². The Morgan fingerprint density at radius 2 is 2.08 bits per heavy atom. The van der Waals surface area contributed by atoms with Gasteiger partial charge in [0.05, 0.1) is 14.2 Å². The zero-order valence-electron chi connectivity index (χ0n) is 14.7. The Morgan fingerprint density at radius 3 is 2.88 bits per heavy atom. The summed E-state index contributed by atoms with van der Waals surface area (Å²) in [5, 5.41) is 0.680. The normalized spacial score (nSPS) is 14.8. The molecule has 0 saturated carbocycles. The zero-order valence-corrected chi connectivity index (χ0v) is 15.5. The Balaban J connectivity index is 1.69. The van der Waals surface area contributed by atoms with E-state index in [0.29, 0.717) is 18.1 Å². The number of hydrogen-bond acceptors (Lipinski definition) is 2. The fourth-order valence-corrected chi connectivity index (χ4v) is 3.61. The molecule has 4 nitrogen and oxygen atoms in total. The lowest BCUT2D eigenvalue weighted by molar-refractivity contribution is -0.885. The molecule has 0 aromatic heterocycles. The second kappa shape index (κ2) is 7.89. The van der Waals surface area contributed by atoms with Crippen LogP contribution in [0, 0.1) is 0 Å². The second-order valence-electron chi connectivity index (χ2n) is 6.54. The van der Waals surface area contributed by atoms with E-state index in [2.05, 4.69) is 6.07 Å². The maximum atomic E-state index is 12.8. The molecule has 25 heavy (non-hydrogen) atoms. The van der Waals surface area contributed by atoms with Crippen molar-refractivity contribution in [3.8, 4) is 5.75 Å². The number of halogens is 1. The minimum absolute atomic E-state index is 0.158. The van der Waals surface area contributed by atoms with Crippen LogP contribution in [0.25, 0.3) is 0 Å². The molecule has 1 atom stereocenters. The van der Waals surface area contributed by atoms with Crippen LogP contribution in [-0.4, -0.2) is 33.2 Å². The van der Waals surface area contributed by atoms with Crippen LogP contribution in [0.1, 0.15) is 17.5 Å². The highest BCUT2D eigenvalue weighted by molar-refractivity contribution is 6.30. The number of hydrogen-bond donors (Lipinski definition) is 1. The largest absolute Gasteiger partial charge is 0.496 e. The van der Waals surface area contributed by atoms with Crippen molar-refractivity contribution in [2.24, 2.45) is 0 Å². The van der Waals surface area contributed by atoms with Crippen molar-refractivity contribution in [1.82, 2.24) is 0 Å². The summed E-state index contributed by atoms with van der Waals surface area (Å²) >= 11 is 6.10. The standard InChI is InChI=1S/C20H23ClN2O2/c1-22(13-16-12-17(21)9-10-19(16)25-2)14-20(24)23-11-5-7-15-6-3-4-8-18(15)23/h3-4,6,8-10,12H,5,7,11,13-14H2,1-2H3/p+1. The molecule has 1 heterocycles. The number of ether oxygens (including phenoxy) is 1. The van der Waals surface area contributed by atoms with E-state index >= 15 is 0 Å². The number of carbonyl (C=O) groups is 1. The van der Waals surface area contributed by atoms with Gasteiger partial charge >= 0.3 is 0 Å². The number of likely N-dealkylation sites (N-methyl/N-ethyl adjacent to an activating group) is 1. The summed E-state index contributed by atoms with van der Waals surface area (Å²) in [5.74, 6) is 0.963. The first-order valence-electron chi connectivity index (χ1n) is 8.60. The SMILES string of the molecule is COc1ccc(Cl)cc1C[NH+](C)CC(=O)N1CCCc2ccccc21. The lowest BCUT2D eigenvalue weighted by Gasteiger charge is -2.30. The fourth-order valence-electron chi connectivity index (χ4n) is 3.42. The van der Waals surface area contributed by atoms with Gasteiger partial charge in [0.2, 0.25) is 0 Å². The van der Waals surface area contributed by atoms with Crippen molar-refractivity contribution in [3.05, 3.63) is 58.6 Å². The van der Waals surface area contributed by atoms with Crippen LogP contribution in [0.5, 0.6) is 5.75 Å². The number of carbonyl (C=O) groups excluding carboxylic acids is 1. The predicted molar refractivity (Wildman–Crippen MR) is 101 cm³/mol. The van der Waals surface area contributed by atoms with Gasteiger partial charge in [0.1, 0.15) is 12.3 Å². The summed E-state index contributed by atoms with van der Waals surface area (Å²) < 4.78 is 5.40. The molecule has 1 amide bonds. The average molecular weight is 360 g/mol. The summed E-state index contributed by atoms with van der Waals surface area (Å²) in [6.07, 6.45) is 2.06. The average Bonchev–Trinajstić information content (AvgIpc) is 2.61. The van der Waals surface area contributed by atoms with Crippen LogP contribution in [0.3, 0.4) is 0 Å². The number of methoxy groups -OCH3 is 1. The van der Waals surface area contributed by atoms with E-state index in [1.165, 1.54) is 5.56 Å². The van der Waals surface area contributed by atoms with Gasteiger partial charge < -0.3 is 14.5 Å². The van der Waals surface area contributed by atoms with Crippen molar-refractivity contribution in [2.75, 3.05) is 32.1 Å². The van der Waals surface area contributed by atoms with Gasteiger partial charge in [-0.15, -0.1) is 0 Å². The molecule has 3 rings (SSSR count). The molecule has 0 aliphatic carbocycles. The number of benzene rings is 2. The molecule has 1 unspecified atom stereocenters. The Bertz CT molecular complexity index is 763. The van der Waals surface area contributed by atoms with E-state index in [-0.39, 0.29) is 5.91 Å². The number of fused-ring (bicyclic) bond motifs is 1. The minimum atomic E-state index is 0.158. The highest BCUT2D eigenvalue weighted by Crippen LogP contribution is 2.26. The number of amides is 1. The summed E-state index contributed by atoms with van der Waals surface area (Å²) in [6.45, 7) is 1.92. The van der Waals surface area contributed by atoms with Crippen LogP contribution in [0.15, 0.2) is 42.5 Å². The molecule has 1 aliphatic rings. The fraction of sp³-hybridized carbons (Fsp3) is 0.350. The topological polar surface area (TPSA) is 34.0 Å². The Labute approximate surface area is 154 Å². The third-order valence-corrected chi connectivity index (χ3v) is 4.83. The predicted octanol–water partition coefficient (Wildman–Crippen LogP) is 2.34. The van der Waals surface area contributed by atoms with Crippen LogP contribution < -0.4 is 14.5 Å². The number of quaternary nitrogens is 1. The number of anilines is 1. The zero-order chi connectivity index (χ0) is 17.8. The van der Waals surface area contributed by atoms with Crippen molar-refractivity contribution >= 4 is 23.2 Å². The third kappa shape index (κ3) is 4.14. The molecule has 0 fully saturated rings. The minimum Gasteiger partial charge on any atom is -0.496 e. The number of aryl methyl sites for hydroxylation is 1. The van der Waals surface area contributed by atoms with Crippen LogP contribution in [-0.2, 0) is 17.8 Å². The molecule has 1 N–H and O–H groups in total. The molecular weight excluding hydrogens is 336 g/mol. The molecular formula is C20H24ClN2O2+. The van der Waals surface area contributed by atoms with Gasteiger partial charge in [0.15, 0.2) is 6.54 Å². The maximum Gasteiger partial charge on any atom is 0.282 e. The number of nitrogens with zero attached hydrogens (tertiary/aromatic N) is 1. The third-order valence-electron chi connectivity index (χ3n) is 4.60. The van der Waals surface area contributed by atoms with Gasteiger partial charge in [0.25, 0.3) is 5.91 Å². The van der Waals surface area contributed by atoms with E-state index in [1.807, 2.05) is 48.3 Å². The van der Waals surface area contributed by atoms with E-state index in [0.717, 1.165) is 41.3 Å². The summed E-state index contributed by atoms with van der Waals surface area (Å²) in [4.78, 5) is 15.9. The van der Waals surface area contributed by atoms with E-state index in [9.17, 15) is 4.79 Å². The summed E-state index contributed by atoms with van der Waals surface area (Å²) in [7, 11) is 3.67. The van der Waals surface area contributed by atoms with E-state index in [4.69, 9.17) is 16.3 Å². The van der Waals surface area contributed by atoms with Crippen LogP contribution >= 0.6 is 11.6 Å². The Kier molecular flexibility index (Phi) is 5.61. The first kappa shape index (κ1) is 17.8. The first-order chi connectivity index (χ1) is 12.1. The van der Waals surface area contributed by atoms with Gasteiger partial charge in [-0.1, -0.05) is 29.8 Å². The van der Waals surface area contributed by atoms with Crippen molar-refractivity contribution in [1.29, 1.82) is 0 Å². The Hall–Kier alpha value is -2.04. The van der Waals surface area contributed by atoms with Crippen molar-refractivity contribution in [3.63, 3.8) is 0 Å². The smallest absolute Gasteiger partial charge is 0.282 e. The van der Waals surface area contributed by atoms with E-state index in [1.54, 1.807) is 7.11 Å². The highest BCUT2D eigenvalue weighted by Gasteiger charge is 2.24. The number of para-hydroxylation sites is 1. The molecule has 2 aromatic carbocycles. The molecule has 0 saturated heterocycles. The lowest BCUT2D eigenvalue weighted by atomic mass is 10.0. The molecule has 132 valence electrons. The van der Waals surface area contributed by atoms with Crippen molar-refractivity contribution in [2.45, 2.75) is 19.4 Å². The molecule has 5 heteroatoms. The van der Waals surface area contributed by atoms with Crippen LogP contribution in [0.4, 0.5) is 5.69 Å². The molecule has 0 spiro atoms. The van der Waals surface area contributed by atoms with Gasteiger partial charge in [-0.2, -0.15) is 0 Å². The maximum absolute atomic E-state index is 12.8. The van der Waals surface area contributed by atoms with Crippen molar-refractivity contribution < 1.29 is 14.4 Å². The highest BCUT2D eigenvalue weighted by atomic mass is 35.5. The molecule has 2 aromatic rings. The summed E-state index contributed by atoms with van der Waals surface area (Å²) in [6, 6.07) is 13.8. The monoisotopic (exact) mass is 359 g/mol. The quantitative estimate of drug-likeness (QED) is 0.889. The second-order valence-corrected chi connectivity index (χ2v) is 6.98. The first-order valence-corrected chi connectivity index (χ1v) is 8.98. The van der Waals surface area contributed by atoms with Gasteiger partial charge in [-0.25, -0.2) is 0 Å². The van der Waals surface area contributed by atoms with Gasteiger partial charge in [0, 0.05) is 22.8 Å². The molecule has 0 radical (unpaired) electrons. The number of nitrogens with one attached hydrogen (secondary N) is 1. The van der Waals surface area contributed by atoms with E-state index < -0.39 is 0 Å². The van der Waals surface area contributed by atoms with Crippen LogP contribution in [0.2, 0.25) is 5.02 Å². The molecule has 1 aliphatic heterocycles. The molecule has 0 bridgehead atoms. The van der Waals surface area contributed by atoms with Gasteiger partial charge in [-0.05, 0) is 42.7 Å². The Morgan fingerprint density at radius 1 is 1.28 bits per heavy atom. The summed E-state index contributed by atoms with van der Waals surface area (Å²) in [5.41, 5.74) is 3.34. The number of rotatable bonds is 5. The lowest BCUT2D eigenvalue weighted by Crippen LogP contribution is -3.09.